The fourth-order valence-corrected chi connectivity index (χ4v) is 2.90. The molecule has 0 saturated heterocycles. The normalized spacial score (nSPS) is 12.3. The molecule has 3 aromatic rings. The molecule has 1 atom stereocenters. The summed E-state index contributed by atoms with van der Waals surface area (Å²) in [6.45, 7) is 0.605. The Hall–Kier alpha value is -2.99. The molecule has 0 aliphatic carbocycles. The molecule has 0 unspecified atom stereocenters. The molecule has 0 fully saturated rings. The van der Waals surface area contributed by atoms with E-state index in [1.54, 1.807) is 18.2 Å². The van der Waals surface area contributed by atoms with Crippen molar-refractivity contribution >= 4 is 16.8 Å². The van der Waals surface area contributed by atoms with Crippen molar-refractivity contribution < 1.29 is 4.79 Å². The number of nitrogens with zero attached hydrogens (tertiary/aromatic N) is 3. The molecule has 0 aliphatic rings. The molecule has 26 heavy (non-hydrogen) atoms. The molecular weight excluding hydrogens is 328 g/mol. The van der Waals surface area contributed by atoms with Gasteiger partial charge >= 0.3 is 0 Å². The third-order valence-corrected chi connectivity index (χ3v) is 4.13. The minimum atomic E-state index is -0.222. The molecule has 0 radical (unpaired) electrons. The average Bonchev–Trinajstić information content (AvgIpc) is 2.64. The van der Waals surface area contributed by atoms with Crippen LogP contribution < -0.4 is 10.9 Å². The smallest absolute Gasteiger partial charge is 0.261 e. The van der Waals surface area contributed by atoms with Crippen LogP contribution in [0.25, 0.3) is 10.9 Å². The Morgan fingerprint density at radius 1 is 1.12 bits per heavy atom. The summed E-state index contributed by atoms with van der Waals surface area (Å²) < 4.78 is 1.34. The molecule has 6 heteroatoms. The summed E-state index contributed by atoms with van der Waals surface area (Å²) in [5, 5.41) is 3.53. The Morgan fingerprint density at radius 2 is 1.81 bits per heavy atom. The molecule has 1 N–H and O–H groups in total. The van der Waals surface area contributed by atoms with Gasteiger partial charge in [-0.2, -0.15) is 0 Å². The Bertz CT molecular complexity index is 951. The van der Waals surface area contributed by atoms with E-state index in [2.05, 4.69) is 10.3 Å². The van der Waals surface area contributed by atoms with Gasteiger partial charge in [-0.25, -0.2) is 4.98 Å². The summed E-state index contributed by atoms with van der Waals surface area (Å²) in [5.41, 5.74) is 1.44. The molecule has 0 bridgehead atoms. The van der Waals surface area contributed by atoms with Gasteiger partial charge in [-0.3, -0.25) is 14.2 Å². The fraction of sp³-hybridized carbons (Fsp3) is 0.250. The highest BCUT2D eigenvalue weighted by Gasteiger charge is 2.16. The van der Waals surface area contributed by atoms with Gasteiger partial charge in [-0.15, -0.1) is 0 Å². The van der Waals surface area contributed by atoms with Crippen molar-refractivity contribution in [2.45, 2.75) is 12.6 Å². The second-order valence-electron chi connectivity index (χ2n) is 6.49. The van der Waals surface area contributed by atoms with Crippen LogP contribution in [0.4, 0.5) is 0 Å². The number of hydrogen-bond acceptors (Lipinski definition) is 4. The summed E-state index contributed by atoms with van der Waals surface area (Å²) >= 11 is 0. The van der Waals surface area contributed by atoms with Gasteiger partial charge in [0.25, 0.3) is 5.56 Å². The summed E-state index contributed by atoms with van der Waals surface area (Å²) in [6.07, 6.45) is 1.42. The van der Waals surface area contributed by atoms with Crippen molar-refractivity contribution in [3.05, 3.63) is 76.8 Å². The van der Waals surface area contributed by atoms with Crippen molar-refractivity contribution in [1.29, 1.82) is 0 Å². The predicted octanol–water partition coefficient (Wildman–Crippen LogP) is 1.82. The zero-order chi connectivity index (χ0) is 18.5. The van der Waals surface area contributed by atoms with Gasteiger partial charge < -0.3 is 10.2 Å². The van der Waals surface area contributed by atoms with Crippen LogP contribution in [-0.2, 0) is 11.3 Å². The number of aromatic nitrogens is 2. The van der Waals surface area contributed by atoms with Crippen LogP contribution in [0.15, 0.2) is 65.7 Å². The highest BCUT2D eigenvalue weighted by Crippen LogP contribution is 2.13. The molecule has 0 saturated carbocycles. The first-order valence-electron chi connectivity index (χ1n) is 8.48. The van der Waals surface area contributed by atoms with E-state index in [0.29, 0.717) is 17.4 Å². The molecule has 1 aromatic heterocycles. The number of fused-ring (bicyclic) bond motifs is 1. The maximum Gasteiger partial charge on any atom is 0.261 e. The van der Waals surface area contributed by atoms with E-state index in [0.717, 1.165) is 5.56 Å². The lowest BCUT2D eigenvalue weighted by atomic mass is 10.1. The lowest BCUT2D eigenvalue weighted by Crippen LogP contribution is -2.38. The van der Waals surface area contributed by atoms with Crippen molar-refractivity contribution in [3.63, 3.8) is 0 Å². The number of likely N-dealkylation sites (N-methyl/N-ethyl adjacent to an activating group) is 1. The summed E-state index contributed by atoms with van der Waals surface area (Å²) in [7, 11) is 3.92. The van der Waals surface area contributed by atoms with Crippen LogP contribution in [0.2, 0.25) is 0 Å². The lowest BCUT2D eigenvalue weighted by Gasteiger charge is -2.23. The highest BCUT2D eigenvalue weighted by molar-refractivity contribution is 5.79. The monoisotopic (exact) mass is 350 g/mol. The standard InChI is InChI=1S/C20H22N4O2/c1-23(2)12-18(15-8-4-3-5-9-15)22-19(25)13-24-14-21-17-11-7-6-10-16(17)20(24)26/h3-11,14,18H,12-13H2,1-2H3,(H,22,25)/t18-/m1/s1. The number of amides is 1. The van der Waals surface area contributed by atoms with E-state index in [1.165, 1.54) is 10.9 Å². The van der Waals surface area contributed by atoms with E-state index >= 15 is 0 Å². The van der Waals surface area contributed by atoms with Gasteiger partial charge in [0.2, 0.25) is 5.91 Å². The number of nitrogens with one attached hydrogen (secondary N) is 1. The van der Waals surface area contributed by atoms with E-state index < -0.39 is 0 Å². The zero-order valence-corrected chi connectivity index (χ0v) is 14.9. The van der Waals surface area contributed by atoms with E-state index in [4.69, 9.17) is 0 Å². The van der Waals surface area contributed by atoms with Crippen molar-refractivity contribution in [3.8, 4) is 0 Å². The van der Waals surface area contributed by atoms with Gasteiger partial charge in [0.15, 0.2) is 0 Å². The average molecular weight is 350 g/mol. The van der Waals surface area contributed by atoms with Crippen molar-refractivity contribution in [2.24, 2.45) is 0 Å². The van der Waals surface area contributed by atoms with E-state index in [-0.39, 0.29) is 24.1 Å². The van der Waals surface area contributed by atoms with Gasteiger partial charge in [0.05, 0.1) is 23.3 Å². The molecular formula is C20H22N4O2. The van der Waals surface area contributed by atoms with Crippen LogP contribution >= 0.6 is 0 Å². The Labute approximate surface area is 152 Å². The zero-order valence-electron chi connectivity index (χ0n) is 14.9. The molecule has 0 spiro atoms. The lowest BCUT2D eigenvalue weighted by molar-refractivity contribution is -0.122. The summed E-state index contributed by atoms with van der Waals surface area (Å²) in [5.74, 6) is -0.222. The molecule has 2 aromatic carbocycles. The van der Waals surface area contributed by atoms with E-state index in [1.807, 2.05) is 55.4 Å². The van der Waals surface area contributed by atoms with Crippen LogP contribution in [0.1, 0.15) is 11.6 Å². The number of rotatable bonds is 6. The number of hydrogen-bond donors (Lipinski definition) is 1. The maximum absolute atomic E-state index is 12.5. The van der Waals surface area contributed by atoms with Crippen molar-refractivity contribution in [1.82, 2.24) is 19.8 Å². The Balaban J connectivity index is 1.78. The second-order valence-corrected chi connectivity index (χ2v) is 6.49. The van der Waals surface area contributed by atoms with Gasteiger partial charge in [0, 0.05) is 6.54 Å². The van der Waals surface area contributed by atoms with Gasteiger partial charge in [-0.1, -0.05) is 42.5 Å². The molecule has 134 valence electrons. The van der Waals surface area contributed by atoms with E-state index in [9.17, 15) is 9.59 Å². The fourth-order valence-electron chi connectivity index (χ4n) is 2.90. The van der Waals surface area contributed by atoms with Crippen LogP contribution in [0.3, 0.4) is 0 Å². The van der Waals surface area contributed by atoms with Gasteiger partial charge in [-0.05, 0) is 31.8 Å². The number of carbonyl (C=O) groups excluding carboxylic acids is 1. The summed E-state index contributed by atoms with van der Waals surface area (Å²) in [6, 6.07) is 16.8. The number of para-hydroxylation sites is 1. The van der Waals surface area contributed by atoms with Crippen molar-refractivity contribution in [2.75, 3.05) is 20.6 Å². The van der Waals surface area contributed by atoms with Crippen LogP contribution in [-0.4, -0.2) is 41.0 Å². The summed E-state index contributed by atoms with van der Waals surface area (Å²) in [4.78, 5) is 31.4. The molecule has 6 nitrogen and oxygen atoms in total. The maximum atomic E-state index is 12.5. The molecule has 1 amide bonds. The topological polar surface area (TPSA) is 67.2 Å². The Kier molecular flexibility index (Phi) is 5.43. The largest absolute Gasteiger partial charge is 0.346 e. The van der Waals surface area contributed by atoms with Crippen LogP contribution in [0.5, 0.6) is 0 Å². The predicted molar refractivity (Wildman–Crippen MR) is 102 cm³/mol. The quantitative estimate of drug-likeness (QED) is 0.736. The highest BCUT2D eigenvalue weighted by atomic mass is 16.2. The minimum Gasteiger partial charge on any atom is -0.346 e. The SMILES string of the molecule is CN(C)C[C@@H](NC(=O)Cn1cnc2ccccc2c1=O)c1ccccc1. The number of carbonyl (C=O) groups is 1. The van der Waals surface area contributed by atoms with Gasteiger partial charge in [0.1, 0.15) is 6.54 Å². The molecule has 1 heterocycles. The first kappa shape index (κ1) is 17.8. The minimum absolute atomic E-state index is 0.0621. The first-order valence-corrected chi connectivity index (χ1v) is 8.48. The Morgan fingerprint density at radius 3 is 2.54 bits per heavy atom. The molecule has 3 rings (SSSR count). The third kappa shape index (κ3) is 4.15. The second kappa shape index (κ2) is 7.93. The third-order valence-electron chi connectivity index (χ3n) is 4.13. The van der Waals surface area contributed by atoms with Crippen LogP contribution in [0, 0.1) is 0 Å². The number of benzene rings is 2. The first-order chi connectivity index (χ1) is 12.5. The molecule has 0 aliphatic heterocycles.